The molecule has 0 N–H and O–H groups in total. The summed E-state index contributed by atoms with van der Waals surface area (Å²) in [6, 6.07) is 8.88. The fourth-order valence-corrected chi connectivity index (χ4v) is 4.19. The molecule has 1 fully saturated rings. The maximum Gasteiger partial charge on any atom is 0.308 e. The quantitative estimate of drug-likeness (QED) is 0.163. The Hall–Kier alpha value is -2.84. The van der Waals surface area contributed by atoms with Crippen LogP contribution in [-0.2, 0) is 4.79 Å². The molecule has 0 spiro atoms. The maximum atomic E-state index is 11.3. The van der Waals surface area contributed by atoms with Crippen molar-refractivity contribution >= 4 is 29.8 Å². The Labute approximate surface area is 207 Å². The molecule has 3 rings (SSSR count). The number of ether oxygens (including phenoxy) is 2. The zero-order chi connectivity index (χ0) is 24.0. The zero-order valence-corrected chi connectivity index (χ0v) is 21.2. The average Bonchev–Trinajstić information content (AvgIpc) is 2.80. The van der Waals surface area contributed by atoms with Gasteiger partial charge in [-0.2, -0.15) is 0 Å². The number of hydrogen-bond donors (Lipinski definition) is 0. The van der Waals surface area contributed by atoms with Crippen LogP contribution in [0.3, 0.4) is 0 Å². The molecule has 186 valence electrons. The highest BCUT2D eigenvalue weighted by molar-refractivity contribution is 5.85. The third-order valence-corrected chi connectivity index (χ3v) is 6.14. The second kappa shape index (κ2) is 12.6. The molecule has 0 saturated carbocycles. The first-order valence-electron chi connectivity index (χ1n) is 11.4. The number of hydrogen-bond acceptors (Lipinski definition) is 7. The van der Waals surface area contributed by atoms with Crippen molar-refractivity contribution in [3.63, 3.8) is 0 Å². The van der Waals surface area contributed by atoms with Gasteiger partial charge in [-0.3, -0.25) is 19.8 Å². The first kappa shape index (κ1) is 27.4. The third kappa shape index (κ3) is 6.84. The Morgan fingerprint density at radius 1 is 1.06 bits per heavy atom. The molecule has 0 amide bonds. The van der Waals surface area contributed by atoms with Gasteiger partial charge in [0.1, 0.15) is 17.2 Å². The number of nitrogens with zero attached hydrogens (tertiary/aromatic N) is 3. The van der Waals surface area contributed by atoms with Gasteiger partial charge in [-0.05, 0) is 69.0 Å². The first-order valence-corrected chi connectivity index (χ1v) is 11.4. The number of anilines is 1. The summed E-state index contributed by atoms with van der Waals surface area (Å²) in [5, 5.41) is 11.3. The van der Waals surface area contributed by atoms with Crippen LogP contribution in [0.4, 0.5) is 11.4 Å². The predicted octanol–water partition coefficient (Wildman–Crippen LogP) is 4.85. The molecule has 0 aliphatic carbocycles. The van der Waals surface area contributed by atoms with Gasteiger partial charge in [-0.1, -0.05) is 12.1 Å². The van der Waals surface area contributed by atoms with Crippen molar-refractivity contribution in [2.45, 2.75) is 40.5 Å². The number of nitro benzene ring substituents is 1. The lowest BCUT2D eigenvalue weighted by molar-refractivity contribution is -0.384. The van der Waals surface area contributed by atoms with E-state index >= 15 is 0 Å². The first-order chi connectivity index (χ1) is 15.8. The molecule has 1 aliphatic rings. The van der Waals surface area contributed by atoms with E-state index in [-0.39, 0.29) is 29.0 Å². The number of halogens is 1. The van der Waals surface area contributed by atoms with Crippen LogP contribution in [0, 0.1) is 30.9 Å². The fraction of sp³-hybridized carbons (Fsp3) is 0.480. The fourth-order valence-electron chi connectivity index (χ4n) is 4.19. The van der Waals surface area contributed by atoms with Crippen molar-refractivity contribution in [3.05, 3.63) is 57.1 Å². The summed E-state index contributed by atoms with van der Waals surface area (Å²) in [4.78, 5) is 26.8. The maximum absolute atomic E-state index is 11.3. The molecule has 2 aromatic carbocycles. The Bertz CT molecular complexity index is 1010. The van der Waals surface area contributed by atoms with Crippen LogP contribution < -0.4 is 14.4 Å². The van der Waals surface area contributed by atoms with E-state index in [4.69, 9.17) is 9.47 Å². The van der Waals surface area contributed by atoms with Crippen LogP contribution in [0.25, 0.3) is 0 Å². The van der Waals surface area contributed by atoms with E-state index in [1.807, 2.05) is 39.0 Å². The number of carbonyl (C=O) groups excluding carboxylic acids is 1. The van der Waals surface area contributed by atoms with Crippen LogP contribution >= 0.6 is 12.4 Å². The van der Waals surface area contributed by atoms with E-state index in [0.29, 0.717) is 18.0 Å². The van der Waals surface area contributed by atoms with Gasteiger partial charge < -0.3 is 14.4 Å². The smallest absolute Gasteiger partial charge is 0.308 e. The molecular weight excluding hydrogens is 458 g/mol. The van der Waals surface area contributed by atoms with Gasteiger partial charge in [-0.25, -0.2) is 0 Å². The Kier molecular flexibility index (Phi) is 10.1. The lowest BCUT2D eigenvalue weighted by Crippen LogP contribution is -2.46. The Balaban J connectivity index is 0.00000408. The Morgan fingerprint density at radius 3 is 2.38 bits per heavy atom. The highest BCUT2D eigenvalue weighted by Gasteiger charge is 2.23. The number of para-hydroxylation sites is 2. The van der Waals surface area contributed by atoms with E-state index in [1.165, 1.54) is 6.92 Å². The van der Waals surface area contributed by atoms with Crippen LogP contribution in [0.15, 0.2) is 30.3 Å². The molecule has 8 nitrogen and oxygen atoms in total. The predicted molar refractivity (Wildman–Crippen MR) is 136 cm³/mol. The van der Waals surface area contributed by atoms with Crippen molar-refractivity contribution in [1.29, 1.82) is 0 Å². The monoisotopic (exact) mass is 491 g/mol. The summed E-state index contributed by atoms with van der Waals surface area (Å²) in [6.45, 7) is 12.2. The molecule has 2 aromatic rings. The van der Waals surface area contributed by atoms with Crippen molar-refractivity contribution in [3.8, 4) is 11.5 Å². The second-order valence-electron chi connectivity index (χ2n) is 8.49. The summed E-state index contributed by atoms with van der Waals surface area (Å²) < 4.78 is 11.4. The minimum Gasteiger partial charge on any atom is -0.493 e. The van der Waals surface area contributed by atoms with Crippen LogP contribution in [-0.4, -0.2) is 55.1 Å². The Morgan fingerprint density at radius 2 is 1.74 bits per heavy atom. The van der Waals surface area contributed by atoms with Gasteiger partial charge in [0.05, 0.1) is 11.5 Å². The minimum atomic E-state index is -0.322. The lowest BCUT2D eigenvalue weighted by atomic mass is 10.0. The van der Waals surface area contributed by atoms with Crippen LogP contribution in [0.2, 0.25) is 0 Å². The van der Waals surface area contributed by atoms with Gasteiger partial charge in [0, 0.05) is 39.2 Å². The summed E-state index contributed by atoms with van der Waals surface area (Å²) in [5.74, 6) is 1.13. The van der Waals surface area contributed by atoms with Crippen molar-refractivity contribution in [1.82, 2.24) is 4.90 Å². The van der Waals surface area contributed by atoms with E-state index in [0.717, 1.165) is 68.0 Å². The number of carbonyl (C=O) groups is 1. The summed E-state index contributed by atoms with van der Waals surface area (Å²) in [5.41, 5.74) is 3.68. The molecule has 0 aromatic heterocycles. The summed E-state index contributed by atoms with van der Waals surface area (Å²) >= 11 is 0. The van der Waals surface area contributed by atoms with Gasteiger partial charge in [0.2, 0.25) is 0 Å². The molecular formula is C25H34ClN3O5. The van der Waals surface area contributed by atoms with Gasteiger partial charge >= 0.3 is 5.97 Å². The topological polar surface area (TPSA) is 85.2 Å². The number of nitro groups is 1. The minimum absolute atomic E-state index is 0. The molecule has 9 heteroatoms. The van der Waals surface area contributed by atoms with Gasteiger partial charge in [-0.15, -0.1) is 12.4 Å². The normalized spacial score (nSPS) is 13.8. The summed E-state index contributed by atoms with van der Waals surface area (Å²) in [7, 11) is 0. The van der Waals surface area contributed by atoms with Crippen molar-refractivity contribution < 1.29 is 19.2 Å². The lowest BCUT2D eigenvalue weighted by Gasteiger charge is -2.35. The molecule has 0 radical (unpaired) electrons. The highest BCUT2D eigenvalue weighted by Crippen LogP contribution is 2.33. The standard InChI is InChI=1S/C25H33N3O5.ClH/c1-18-17-24(19(2)20(3)25(18)33-21(4)29)32-16-8-7-11-26-12-14-27(15-13-26)22-9-5-6-10-23(22)28(30)31;/h5-6,9-10,17H,7-8,11-16H2,1-4H3;1H. The van der Waals surface area contributed by atoms with Crippen LogP contribution in [0.5, 0.6) is 11.5 Å². The molecule has 1 saturated heterocycles. The molecule has 34 heavy (non-hydrogen) atoms. The third-order valence-electron chi connectivity index (χ3n) is 6.14. The number of piperazine rings is 1. The molecule has 0 atom stereocenters. The largest absolute Gasteiger partial charge is 0.493 e. The molecule has 1 aliphatic heterocycles. The van der Waals surface area contributed by atoms with Crippen LogP contribution in [0.1, 0.15) is 36.5 Å². The number of rotatable bonds is 9. The van der Waals surface area contributed by atoms with Crippen molar-refractivity contribution in [2.24, 2.45) is 0 Å². The molecule has 0 bridgehead atoms. The number of aryl methyl sites for hydroxylation is 1. The van der Waals surface area contributed by atoms with Gasteiger partial charge in [0.25, 0.3) is 5.69 Å². The number of esters is 1. The molecule has 1 heterocycles. The SMILES string of the molecule is CC(=O)Oc1c(C)cc(OCCCCN2CCN(c3ccccc3[N+](=O)[O-])CC2)c(C)c1C.Cl. The number of unbranched alkanes of at least 4 members (excludes halogenated alkanes) is 1. The van der Waals surface area contributed by atoms with E-state index < -0.39 is 0 Å². The molecule has 0 unspecified atom stereocenters. The van der Waals surface area contributed by atoms with E-state index in [2.05, 4.69) is 9.80 Å². The van der Waals surface area contributed by atoms with Gasteiger partial charge in [0.15, 0.2) is 0 Å². The van der Waals surface area contributed by atoms with E-state index in [1.54, 1.807) is 12.1 Å². The second-order valence-corrected chi connectivity index (χ2v) is 8.49. The summed E-state index contributed by atoms with van der Waals surface area (Å²) in [6.07, 6.45) is 1.96. The van der Waals surface area contributed by atoms with E-state index in [9.17, 15) is 14.9 Å². The number of benzene rings is 2. The highest BCUT2D eigenvalue weighted by atomic mass is 35.5. The van der Waals surface area contributed by atoms with Crippen molar-refractivity contribution in [2.75, 3.05) is 44.2 Å². The zero-order valence-electron chi connectivity index (χ0n) is 20.3. The average molecular weight is 492 g/mol.